The molecule has 27 heavy (non-hydrogen) atoms. The van der Waals surface area contributed by atoms with Crippen molar-refractivity contribution in [3.05, 3.63) is 0 Å². The predicted molar refractivity (Wildman–Crippen MR) is 84.6 cm³/mol. The second-order valence-electron chi connectivity index (χ2n) is 8.45. The molecule has 0 aliphatic rings. The smallest absolute Gasteiger partial charge is 0.441 e. The van der Waals surface area contributed by atoms with Gasteiger partial charge in [0, 0.05) is 0 Å². The average molecular weight is 408 g/mol. The van der Waals surface area contributed by atoms with Crippen LogP contribution in [0.25, 0.3) is 0 Å². The molecule has 0 spiro atoms. The maximum atomic E-state index is 13.8. The number of ether oxygens (including phenoxy) is 2. The molecule has 0 aromatic rings. The van der Waals surface area contributed by atoms with Crippen molar-refractivity contribution in [2.75, 3.05) is 0 Å². The predicted octanol–water partition coefficient (Wildman–Crippen LogP) is 5.20. The van der Waals surface area contributed by atoms with Crippen LogP contribution in [0.4, 0.5) is 26.3 Å². The summed E-state index contributed by atoms with van der Waals surface area (Å²) in [6.45, 7) is 8.31. The Hall–Kier alpha value is -1.48. The summed E-state index contributed by atoms with van der Waals surface area (Å²) < 4.78 is 91.3. The molecule has 4 nitrogen and oxygen atoms in total. The van der Waals surface area contributed by atoms with Crippen molar-refractivity contribution in [2.45, 2.75) is 85.4 Å². The van der Waals surface area contributed by atoms with Crippen LogP contribution in [0.3, 0.4) is 0 Å². The zero-order valence-electron chi connectivity index (χ0n) is 16.6. The number of halogens is 6. The van der Waals surface area contributed by atoms with E-state index in [9.17, 15) is 35.9 Å². The van der Waals surface area contributed by atoms with Gasteiger partial charge >= 0.3 is 29.9 Å². The van der Waals surface area contributed by atoms with Crippen LogP contribution >= 0.6 is 0 Å². The minimum Gasteiger partial charge on any atom is -0.454 e. The molecule has 0 unspecified atom stereocenters. The molecule has 0 radical (unpaired) electrons. The largest absolute Gasteiger partial charge is 0.454 e. The van der Waals surface area contributed by atoms with Crippen LogP contribution in [0.5, 0.6) is 0 Å². The van der Waals surface area contributed by atoms with E-state index in [1.807, 2.05) is 0 Å². The summed E-state index contributed by atoms with van der Waals surface area (Å²) >= 11 is 0. The lowest BCUT2D eigenvalue weighted by Gasteiger charge is -2.47. The Balaban J connectivity index is 6.57. The highest BCUT2D eigenvalue weighted by Crippen LogP contribution is 2.54. The third-order valence-electron chi connectivity index (χ3n) is 4.29. The number of carbonyl (C=O) groups excluding carboxylic acids is 2. The lowest BCUT2D eigenvalue weighted by atomic mass is 9.82. The maximum absolute atomic E-state index is 13.8. The van der Waals surface area contributed by atoms with E-state index in [1.165, 1.54) is 20.8 Å². The van der Waals surface area contributed by atoms with Crippen LogP contribution in [0.2, 0.25) is 0 Å². The van der Waals surface area contributed by atoms with Crippen LogP contribution in [-0.2, 0) is 19.1 Å². The van der Waals surface area contributed by atoms with E-state index in [4.69, 9.17) is 0 Å². The topological polar surface area (TPSA) is 52.6 Å². The summed E-state index contributed by atoms with van der Waals surface area (Å²) in [6.07, 6.45) is -12.1. The summed E-state index contributed by atoms with van der Waals surface area (Å²) in [5.41, 5.74) is -11.3. The van der Waals surface area contributed by atoms with Gasteiger partial charge in [-0.25, -0.2) is 0 Å². The Kier molecular flexibility index (Phi) is 6.77. The Labute approximate surface area is 154 Å². The molecule has 0 amide bonds. The van der Waals surface area contributed by atoms with E-state index in [0.717, 1.165) is 20.8 Å². The van der Waals surface area contributed by atoms with E-state index in [0.29, 0.717) is 13.8 Å². The van der Waals surface area contributed by atoms with Crippen molar-refractivity contribution >= 4 is 11.9 Å². The molecule has 0 aromatic carbocycles. The molecule has 160 valence electrons. The maximum Gasteiger partial charge on any atom is 0.441 e. The zero-order valence-corrected chi connectivity index (χ0v) is 16.6. The molecule has 0 heterocycles. The third kappa shape index (κ3) is 4.87. The van der Waals surface area contributed by atoms with Gasteiger partial charge in [0.15, 0.2) is 5.60 Å². The third-order valence-corrected chi connectivity index (χ3v) is 4.29. The van der Waals surface area contributed by atoms with E-state index >= 15 is 0 Å². The van der Waals surface area contributed by atoms with Gasteiger partial charge in [0.25, 0.3) is 0 Å². The van der Waals surface area contributed by atoms with Gasteiger partial charge in [-0.15, -0.1) is 0 Å². The summed E-state index contributed by atoms with van der Waals surface area (Å²) in [7, 11) is 0. The summed E-state index contributed by atoms with van der Waals surface area (Å²) in [6, 6.07) is 0. The van der Waals surface area contributed by atoms with Gasteiger partial charge < -0.3 is 9.47 Å². The first-order chi connectivity index (χ1) is 11.6. The highest BCUT2D eigenvalue weighted by molar-refractivity contribution is 5.77. The second-order valence-corrected chi connectivity index (χ2v) is 8.45. The Morgan fingerprint density at radius 2 is 1.07 bits per heavy atom. The Bertz CT molecular complexity index is 553. The van der Waals surface area contributed by atoms with Crippen molar-refractivity contribution in [2.24, 2.45) is 10.8 Å². The highest BCUT2D eigenvalue weighted by Gasteiger charge is 2.82. The van der Waals surface area contributed by atoms with E-state index in [1.54, 1.807) is 0 Å². The van der Waals surface area contributed by atoms with Crippen molar-refractivity contribution < 1.29 is 45.4 Å². The average Bonchev–Trinajstić information content (AvgIpc) is 2.39. The first kappa shape index (κ1) is 25.5. The Morgan fingerprint density at radius 1 is 0.704 bits per heavy atom. The molecule has 0 fully saturated rings. The molecule has 0 saturated carbocycles. The van der Waals surface area contributed by atoms with Gasteiger partial charge in [-0.05, 0) is 54.9 Å². The number of carbonyl (C=O) groups is 2. The van der Waals surface area contributed by atoms with Gasteiger partial charge in [-0.1, -0.05) is 6.92 Å². The van der Waals surface area contributed by atoms with Gasteiger partial charge in [-0.2, -0.15) is 26.3 Å². The number of rotatable bonds is 5. The van der Waals surface area contributed by atoms with Crippen LogP contribution in [0.15, 0.2) is 0 Å². The van der Waals surface area contributed by atoms with Gasteiger partial charge in [0.1, 0.15) is 0 Å². The fourth-order valence-electron chi connectivity index (χ4n) is 1.96. The lowest BCUT2D eigenvalue weighted by molar-refractivity contribution is -0.409. The normalized spacial score (nSPS) is 14.7. The SMILES string of the molecule is CCC(C)(C)C(=O)OC(C)(C)C(OC(=O)C(C)(C)C)(C(F)(F)F)C(F)(F)F. The summed E-state index contributed by atoms with van der Waals surface area (Å²) in [5, 5.41) is 0. The number of hydrogen-bond acceptors (Lipinski definition) is 4. The zero-order chi connectivity index (χ0) is 22.3. The fourth-order valence-corrected chi connectivity index (χ4v) is 1.96. The first-order valence-electron chi connectivity index (χ1n) is 8.17. The second kappa shape index (κ2) is 7.16. The highest BCUT2D eigenvalue weighted by atomic mass is 19.4. The number of esters is 2. The van der Waals surface area contributed by atoms with E-state index in [2.05, 4.69) is 9.47 Å². The molecule has 0 saturated heterocycles. The molecule has 0 N–H and O–H groups in total. The van der Waals surface area contributed by atoms with Gasteiger partial charge in [0.2, 0.25) is 0 Å². The summed E-state index contributed by atoms with van der Waals surface area (Å²) in [4.78, 5) is 24.2. The molecule has 0 rings (SSSR count). The molecule has 0 aliphatic heterocycles. The fraction of sp³-hybridized carbons (Fsp3) is 0.882. The van der Waals surface area contributed by atoms with Crippen molar-refractivity contribution in [3.63, 3.8) is 0 Å². The monoisotopic (exact) mass is 408 g/mol. The van der Waals surface area contributed by atoms with Crippen molar-refractivity contribution in [1.82, 2.24) is 0 Å². The molecule has 0 aliphatic carbocycles. The molecule has 0 aromatic heterocycles. The van der Waals surface area contributed by atoms with Crippen LogP contribution in [-0.4, -0.2) is 35.5 Å². The standard InChI is InChI=1S/C17H26F6O4/c1-9-13(5,6)11(25)26-14(7,8)15(16(18,19)20,17(21,22)23)27-10(24)12(2,3)4/h9H2,1-8H3. The molecular weight excluding hydrogens is 382 g/mol. The number of alkyl halides is 6. The first-order valence-corrected chi connectivity index (χ1v) is 8.17. The van der Waals surface area contributed by atoms with Gasteiger partial charge in [0.05, 0.1) is 10.8 Å². The van der Waals surface area contributed by atoms with E-state index < -0.39 is 46.3 Å². The number of hydrogen-bond donors (Lipinski definition) is 0. The van der Waals surface area contributed by atoms with Crippen LogP contribution in [0.1, 0.15) is 61.8 Å². The molecule has 0 atom stereocenters. The lowest BCUT2D eigenvalue weighted by Crippen LogP contribution is -2.72. The quantitative estimate of drug-likeness (QED) is 0.464. The molecule has 0 bridgehead atoms. The van der Waals surface area contributed by atoms with Crippen LogP contribution in [0, 0.1) is 10.8 Å². The van der Waals surface area contributed by atoms with Crippen LogP contribution < -0.4 is 0 Å². The molecular formula is C17H26F6O4. The summed E-state index contributed by atoms with van der Waals surface area (Å²) in [5.74, 6) is -3.02. The van der Waals surface area contributed by atoms with Gasteiger partial charge in [-0.3, -0.25) is 9.59 Å². The van der Waals surface area contributed by atoms with E-state index in [-0.39, 0.29) is 6.42 Å². The Morgan fingerprint density at radius 3 is 1.33 bits per heavy atom. The van der Waals surface area contributed by atoms with Crippen molar-refractivity contribution in [3.8, 4) is 0 Å². The minimum atomic E-state index is -6.10. The molecule has 10 heteroatoms. The minimum absolute atomic E-state index is 0.106. The van der Waals surface area contributed by atoms with Crippen molar-refractivity contribution in [1.29, 1.82) is 0 Å².